The van der Waals surface area contributed by atoms with E-state index in [1.54, 1.807) is 22.3 Å². The molecule has 4 fully saturated rings. The van der Waals surface area contributed by atoms with Crippen LogP contribution in [0.1, 0.15) is 107 Å². The fourth-order valence-corrected chi connectivity index (χ4v) is 13.8. The third-order valence-electron chi connectivity index (χ3n) is 17.7. The Kier molecular flexibility index (Phi) is 25.0. The molecule has 6 aromatic carbocycles. The van der Waals surface area contributed by atoms with Crippen molar-refractivity contribution in [1.82, 2.24) is 9.80 Å². The van der Waals surface area contributed by atoms with Crippen LogP contribution >= 0.6 is 23.5 Å². The maximum Gasteiger partial charge on any atom is 0.224 e. The van der Waals surface area contributed by atoms with Crippen molar-refractivity contribution in [2.24, 2.45) is 11.5 Å². The fourth-order valence-electron chi connectivity index (χ4n) is 12.5. The largest absolute Gasteiger partial charge is 0.489 e. The van der Waals surface area contributed by atoms with Crippen molar-refractivity contribution in [1.29, 1.82) is 0 Å². The number of thioether (sulfide) groups is 2. The highest BCUT2D eigenvalue weighted by Crippen LogP contribution is 2.39. The van der Waals surface area contributed by atoms with Crippen LogP contribution in [-0.2, 0) is 57.6 Å². The lowest BCUT2D eigenvalue weighted by molar-refractivity contribution is -0.200. The Bertz CT molecular complexity index is 3320. The van der Waals surface area contributed by atoms with E-state index in [2.05, 4.69) is 13.8 Å². The van der Waals surface area contributed by atoms with E-state index < -0.39 is 107 Å². The lowest BCUT2D eigenvalue weighted by atomic mass is 9.90. The van der Waals surface area contributed by atoms with Gasteiger partial charge < -0.3 is 70.9 Å². The lowest BCUT2D eigenvalue weighted by Crippen LogP contribution is -2.52. The molecule has 0 saturated carbocycles. The molecule has 6 aromatic rings. The molecule has 4 heterocycles. The summed E-state index contributed by atoms with van der Waals surface area (Å²) in [6.07, 6.45) is -2.14. The molecule has 16 nitrogen and oxygen atoms in total. The van der Waals surface area contributed by atoms with Gasteiger partial charge in [-0.1, -0.05) is 74.5 Å². The van der Waals surface area contributed by atoms with E-state index in [0.717, 1.165) is 69.5 Å². The number of amides is 2. The van der Waals surface area contributed by atoms with Gasteiger partial charge in [0, 0.05) is 63.0 Å². The predicted molar refractivity (Wildman–Crippen MR) is 345 cm³/mol. The SMILES string of the molecule is CCc1ccc([C@@H]2O[C@H](SC)[C@@H](O)[C@H](O)[C@H]2O)cc1Cc1ccc(O[C@@H]2CCN(C(=O)C[C@H](N)Cc3cc(F)c(F)cc3F)C2)cc1.CCc1ccc([C@@H]2O[C@H](SC)[C@@H](O)[C@H](O)[C@H]2O)cc1Cc1ccc(O[C@H]2CCN(C(=O)C[C@H](N)Cc3cc(F)c(F)cc3F)C2)cc1. The molecule has 4 saturated heterocycles. The van der Waals surface area contributed by atoms with E-state index in [1.807, 2.05) is 84.9 Å². The standard InChI is InChI=1S/2C35H41F3N2O6S/c2*1-3-20-6-7-21(34-32(43)31(42)33(44)35(46-34)47-2)13-22(20)12-19-4-8-25(9-5-19)45-26-10-11-40(18-26)30(41)16-24(39)14-23-15-28(37)29(38)17-27(23)36/h2*4-9,13,15,17,24,26,31-35,42-44H,3,10-12,14,16,18,39H2,1-2H3/t24-,26+,31-,32-,33+,34+,35-;24-,26-,31-,32-,33+,34+,35-/m11/s1. The molecule has 0 aliphatic carbocycles. The number of likely N-dealkylation sites (tertiary alicyclic amines) is 2. The first kappa shape index (κ1) is 72.0. The Labute approximate surface area is 551 Å². The van der Waals surface area contributed by atoms with Gasteiger partial charge in [0.2, 0.25) is 11.8 Å². The third-order valence-corrected chi connectivity index (χ3v) is 19.4. The molecule has 0 bridgehead atoms. The highest BCUT2D eigenvalue weighted by Gasteiger charge is 2.45. The van der Waals surface area contributed by atoms with Crippen LogP contribution in [0.4, 0.5) is 26.3 Å². The molecule has 0 radical (unpaired) electrons. The minimum Gasteiger partial charge on any atom is -0.489 e. The van der Waals surface area contributed by atoms with Gasteiger partial charge in [-0.3, -0.25) is 9.59 Å². The van der Waals surface area contributed by atoms with Crippen LogP contribution in [0, 0.1) is 34.9 Å². The van der Waals surface area contributed by atoms with Crippen LogP contribution in [0.25, 0.3) is 0 Å². The fraction of sp³-hybridized carbons (Fsp3) is 0.457. The van der Waals surface area contributed by atoms with Gasteiger partial charge in [0.1, 0.15) is 95.0 Å². The first-order chi connectivity index (χ1) is 44.9. The zero-order chi connectivity index (χ0) is 67.7. The quantitative estimate of drug-likeness (QED) is 0.0236. The molecule has 24 heteroatoms. The molecule has 0 aromatic heterocycles. The number of rotatable bonds is 22. The van der Waals surface area contributed by atoms with Crippen LogP contribution in [0.5, 0.6) is 11.5 Å². The number of carbonyl (C=O) groups excluding carboxylic acids is 2. The topological polar surface area (TPSA) is 251 Å². The Morgan fingerprint density at radius 2 is 0.851 bits per heavy atom. The second kappa shape index (κ2) is 32.7. The Hall–Kier alpha value is -6.26. The summed E-state index contributed by atoms with van der Waals surface area (Å²) in [4.78, 5) is 29.0. The number of hydrogen-bond donors (Lipinski definition) is 8. The predicted octanol–water partition coefficient (Wildman–Crippen LogP) is 8.08. The summed E-state index contributed by atoms with van der Waals surface area (Å²) >= 11 is 2.56. The van der Waals surface area contributed by atoms with E-state index in [1.165, 1.54) is 23.5 Å². The second-order valence-corrected chi connectivity index (χ2v) is 26.3. The van der Waals surface area contributed by atoms with Crippen molar-refractivity contribution in [3.63, 3.8) is 0 Å². The summed E-state index contributed by atoms with van der Waals surface area (Å²) in [6.45, 7) is 5.85. The molecule has 4 aliphatic rings. The normalized spacial score (nSPS) is 25.2. The van der Waals surface area contributed by atoms with Gasteiger partial charge in [-0.25, -0.2) is 26.3 Å². The van der Waals surface area contributed by atoms with E-state index in [-0.39, 0.29) is 60.8 Å². The van der Waals surface area contributed by atoms with Gasteiger partial charge in [0.05, 0.1) is 13.1 Å². The van der Waals surface area contributed by atoms with Gasteiger partial charge in [0.15, 0.2) is 23.3 Å². The van der Waals surface area contributed by atoms with Crippen molar-refractivity contribution in [3.8, 4) is 11.5 Å². The molecule has 94 heavy (non-hydrogen) atoms. The average Bonchev–Trinajstić information content (AvgIpc) is 1.08. The Morgan fingerprint density at radius 3 is 1.20 bits per heavy atom. The number of nitrogens with zero attached hydrogens (tertiary/aromatic N) is 2. The number of aliphatic hydroxyl groups is 6. The minimum absolute atomic E-state index is 0.0622. The van der Waals surface area contributed by atoms with Crippen LogP contribution in [0.3, 0.4) is 0 Å². The summed E-state index contributed by atoms with van der Waals surface area (Å²) < 4.78 is 106. The minimum atomic E-state index is -1.32. The van der Waals surface area contributed by atoms with Crippen LogP contribution in [0.2, 0.25) is 0 Å². The number of ether oxygens (including phenoxy) is 4. The number of halogens is 6. The van der Waals surface area contributed by atoms with Crippen LogP contribution in [-0.4, -0.2) is 163 Å². The zero-order valence-electron chi connectivity index (χ0n) is 52.6. The van der Waals surface area contributed by atoms with Crippen molar-refractivity contribution < 1.29 is 85.5 Å². The smallest absolute Gasteiger partial charge is 0.224 e. The summed E-state index contributed by atoms with van der Waals surface area (Å²) in [5.74, 6) is -5.75. The van der Waals surface area contributed by atoms with E-state index in [4.69, 9.17) is 30.4 Å². The average molecular weight is 1350 g/mol. The first-order valence-corrected chi connectivity index (χ1v) is 34.0. The summed E-state index contributed by atoms with van der Waals surface area (Å²) in [5, 5.41) is 62.6. The molecule has 14 atom stereocenters. The molecule has 2 amide bonds. The second-order valence-electron chi connectivity index (χ2n) is 24.5. The Balaban J connectivity index is 0.000000221. The van der Waals surface area contributed by atoms with Crippen molar-refractivity contribution in [2.75, 3.05) is 38.7 Å². The Morgan fingerprint density at radius 1 is 0.489 bits per heavy atom. The number of nitrogens with two attached hydrogens (primary N) is 2. The number of benzene rings is 6. The highest BCUT2D eigenvalue weighted by molar-refractivity contribution is 7.99. The van der Waals surface area contributed by atoms with Gasteiger partial charge in [-0.05, 0) is 143 Å². The maximum absolute atomic E-state index is 14.0. The third kappa shape index (κ3) is 17.8. The molecule has 0 spiro atoms. The molecular weight excluding hydrogens is 1270 g/mol. The molecule has 0 unspecified atom stereocenters. The van der Waals surface area contributed by atoms with Crippen LogP contribution < -0.4 is 20.9 Å². The number of carbonyl (C=O) groups is 2. The first-order valence-electron chi connectivity index (χ1n) is 31.5. The highest BCUT2D eigenvalue weighted by atomic mass is 32.2. The van der Waals surface area contributed by atoms with Gasteiger partial charge >= 0.3 is 0 Å². The summed E-state index contributed by atoms with van der Waals surface area (Å²) in [6, 6.07) is 28.2. The van der Waals surface area contributed by atoms with E-state index >= 15 is 0 Å². The molecular formula is C70H82F6N4O12S2. The van der Waals surface area contributed by atoms with E-state index in [9.17, 15) is 66.6 Å². The van der Waals surface area contributed by atoms with E-state index in [0.29, 0.717) is 75.5 Å². The number of hydrogen-bond acceptors (Lipinski definition) is 16. The van der Waals surface area contributed by atoms with Gasteiger partial charge in [0.25, 0.3) is 0 Å². The van der Waals surface area contributed by atoms with Crippen LogP contribution in [0.15, 0.2) is 109 Å². The van der Waals surface area contributed by atoms with Crippen molar-refractivity contribution in [3.05, 3.63) is 200 Å². The summed E-state index contributed by atoms with van der Waals surface area (Å²) in [7, 11) is 0. The number of aliphatic hydroxyl groups excluding tert-OH is 6. The molecule has 10 rings (SSSR count). The van der Waals surface area contributed by atoms with Crippen molar-refractivity contribution in [2.45, 2.75) is 162 Å². The van der Waals surface area contributed by atoms with Crippen molar-refractivity contribution >= 4 is 35.3 Å². The lowest BCUT2D eigenvalue weighted by Gasteiger charge is -2.40. The zero-order valence-corrected chi connectivity index (χ0v) is 54.3. The molecule has 4 aliphatic heterocycles. The molecule has 10 N–H and O–H groups in total. The van der Waals surface area contributed by atoms with Gasteiger partial charge in [-0.2, -0.15) is 0 Å². The summed E-state index contributed by atoms with van der Waals surface area (Å²) in [5.41, 5.74) is 18.6. The van der Waals surface area contributed by atoms with Gasteiger partial charge in [-0.15, -0.1) is 23.5 Å². The monoisotopic (exact) mass is 1350 g/mol. The maximum atomic E-state index is 14.0. The molecule has 508 valence electrons. The number of aryl methyl sites for hydroxylation is 2.